The average Bonchev–Trinajstić information content (AvgIpc) is 1.86. The van der Waals surface area contributed by atoms with Crippen LogP contribution >= 0.6 is 11.8 Å². The van der Waals surface area contributed by atoms with Crippen LogP contribution in [0, 0.1) is 0 Å². The number of aliphatic carboxylic acids is 1. The van der Waals surface area contributed by atoms with Crippen LogP contribution in [-0.2, 0) is 9.59 Å². The van der Waals surface area contributed by atoms with E-state index in [1.807, 2.05) is 0 Å². The Morgan fingerprint density at radius 2 is 2.18 bits per heavy atom. The fraction of sp³-hybridized carbons (Fsp3) is 0.667. The topological polar surface area (TPSA) is 69.2 Å². The number of hydrogen-bond donors (Lipinski definition) is 1. The molecule has 4 nitrogen and oxygen atoms in total. The maximum absolute atomic E-state index is 10.4. The van der Waals surface area contributed by atoms with Gasteiger partial charge in [-0.3, -0.25) is 4.79 Å². The number of rotatable bonds is 4. The Bertz CT molecular complexity index is 160. The number of hydrogen-bond acceptors (Lipinski definition) is 4. The van der Waals surface area contributed by atoms with Crippen LogP contribution in [0.3, 0.4) is 0 Å². The molecule has 1 atom stereocenters. The molecule has 0 fully saturated rings. The lowest BCUT2D eigenvalue weighted by atomic mass is 10.3. The zero-order valence-electron chi connectivity index (χ0n) is 6.42. The molecular weight excluding hydrogens is 166 g/mol. The monoisotopic (exact) mass is 176 g/mol. The van der Waals surface area contributed by atoms with E-state index in [-0.39, 0.29) is 5.91 Å². The van der Waals surface area contributed by atoms with Gasteiger partial charge in [-0.25, -0.2) is 0 Å². The first-order chi connectivity index (χ1) is 5.07. The van der Waals surface area contributed by atoms with Crippen LogP contribution in [0.5, 0.6) is 0 Å². The van der Waals surface area contributed by atoms with Gasteiger partial charge in [-0.15, -0.1) is 0 Å². The summed E-state index contributed by atoms with van der Waals surface area (Å²) in [6, 6.07) is -0.873. The second-order valence-corrected chi connectivity index (χ2v) is 2.94. The summed E-state index contributed by atoms with van der Waals surface area (Å²) in [6.45, 7) is 1.27. The van der Waals surface area contributed by atoms with Crippen LogP contribution in [-0.4, -0.2) is 29.9 Å². The number of carboxylic acids is 1. The molecule has 0 unspecified atom stereocenters. The van der Waals surface area contributed by atoms with Gasteiger partial charge < -0.3 is 15.2 Å². The molecule has 64 valence electrons. The van der Waals surface area contributed by atoms with E-state index in [9.17, 15) is 14.7 Å². The van der Waals surface area contributed by atoms with E-state index in [4.69, 9.17) is 0 Å². The number of carbonyl (C=O) groups is 2. The molecule has 0 radical (unpaired) electrons. The highest BCUT2D eigenvalue weighted by atomic mass is 32.2. The Balaban J connectivity index is 3.89. The largest absolute Gasteiger partial charge is 0.548 e. The van der Waals surface area contributed by atoms with Gasteiger partial charge in [-0.05, 0) is 6.26 Å². The molecule has 0 spiro atoms. The van der Waals surface area contributed by atoms with Crippen molar-refractivity contribution in [2.24, 2.45) is 0 Å². The molecule has 0 saturated carbocycles. The zero-order chi connectivity index (χ0) is 8.85. The van der Waals surface area contributed by atoms with Crippen molar-refractivity contribution in [3.05, 3.63) is 0 Å². The van der Waals surface area contributed by atoms with Gasteiger partial charge in [0, 0.05) is 12.7 Å². The predicted octanol–water partition coefficient (Wildman–Crippen LogP) is -1.40. The molecule has 0 aromatic rings. The molecule has 0 aliphatic heterocycles. The fourth-order valence-electron chi connectivity index (χ4n) is 0.581. The van der Waals surface area contributed by atoms with Gasteiger partial charge >= 0.3 is 0 Å². The molecule has 1 N–H and O–H groups in total. The fourth-order valence-corrected chi connectivity index (χ4v) is 1.13. The summed E-state index contributed by atoms with van der Waals surface area (Å²) >= 11 is 1.34. The number of carbonyl (C=O) groups excluding carboxylic acids is 2. The summed E-state index contributed by atoms with van der Waals surface area (Å²) in [4.78, 5) is 20.7. The SMILES string of the molecule is CSC[C@@H](NC(C)=O)C(=O)[O-]. The lowest BCUT2D eigenvalue weighted by Crippen LogP contribution is -2.48. The summed E-state index contributed by atoms with van der Waals surface area (Å²) < 4.78 is 0. The lowest BCUT2D eigenvalue weighted by Gasteiger charge is -2.16. The maximum Gasteiger partial charge on any atom is 0.217 e. The van der Waals surface area contributed by atoms with Gasteiger partial charge in [-0.1, -0.05) is 0 Å². The molecule has 0 aliphatic carbocycles. The first kappa shape index (κ1) is 10.3. The Morgan fingerprint density at radius 3 is 2.45 bits per heavy atom. The van der Waals surface area contributed by atoms with E-state index >= 15 is 0 Å². The van der Waals surface area contributed by atoms with Gasteiger partial charge in [0.1, 0.15) is 0 Å². The molecule has 0 aliphatic rings. The van der Waals surface area contributed by atoms with E-state index in [0.717, 1.165) is 0 Å². The molecule has 11 heavy (non-hydrogen) atoms. The van der Waals surface area contributed by atoms with Gasteiger partial charge in [0.15, 0.2) is 0 Å². The van der Waals surface area contributed by atoms with E-state index in [0.29, 0.717) is 5.75 Å². The molecule has 0 aromatic heterocycles. The summed E-state index contributed by atoms with van der Waals surface area (Å²) in [6.07, 6.45) is 1.76. The van der Waals surface area contributed by atoms with Crippen LogP contribution in [0.1, 0.15) is 6.92 Å². The van der Waals surface area contributed by atoms with Crippen molar-refractivity contribution in [3.8, 4) is 0 Å². The van der Waals surface area contributed by atoms with Gasteiger partial charge in [0.25, 0.3) is 0 Å². The van der Waals surface area contributed by atoms with Crippen molar-refractivity contribution in [3.63, 3.8) is 0 Å². The third kappa shape index (κ3) is 4.66. The van der Waals surface area contributed by atoms with Crippen LogP contribution < -0.4 is 10.4 Å². The molecular formula is C6H10NO3S-. The van der Waals surface area contributed by atoms with Crippen molar-refractivity contribution in [2.45, 2.75) is 13.0 Å². The summed E-state index contributed by atoms with van der Waals surface area (Å²) in [7, 11) is 0. The predicted molar refractivity (Wildman–Crippen MR) is 41.0 cm³/mol. The highest BCUT2D eigenvalue weighted by Crippen LogP contribution is 1.95. The summed E-state index contributed by atoms with van der Waals surface area (Å²) in [5, 5.41) is 12.5. The molecule has 5 heteroatoms. The number of amides is 1. The zero-order valence-corrected chi connectivity index (χ0v) is 7.23. The van der Waals surface area contributed by atoms with Crippen LogP contribution in [0.25, 0.3) is 0 Å². The molecule has 0 bridgehead atoms. The number of thioether (sulfide) groups is 1. The Morgan fingerprint density at radius 1 is 1.64 bits per heavy atom. The van der Waals surface area contributed by atoms with Crippen molar-refractivity contribution < 1.29 is 14.7 Å². The summed E-state index contributed by atoms with van der Waals surface area (Å²) in [5.41, 5.74) is 0. The standard InChI is InChI=1S/C6H11NO3S/c1-4(8)7-5(3-11-2)6(9)10/h5H,3H2,1-2H3,(H,7,8)(H,9,10)/p-1/t5-/m1/s1. The lowest BCUT2D eigenvalue weighted by molar-refractivity contribution is -0.307. The Kier molecular flexibility index (Phi) is 4.69. The van der Waals surface area contributed by atoms with E-state index in [2.05, 4.69) is 5.32 Å². The van der Waals surface area contributed by atoms with Crippen molar-refractivity contribution in [2.75, 3.05) is 12.0 Å². The maximum atomic E-state index is 10.4. The third-order valence-corrected chi connectivity index (χ3v) is 1.66. The molecule has 0 aromatic carbocycles. The van der Waals surface area contributed by atoms with Crippen molar-refractivity contribution >= 4 is 23.6 Å². The van der Waals surface area contributed by atoms with E-state index in [1.165, 1.54) is 18.7 Å². The summed E-state index contributed by atoms with van der Waals surface area (Å²) in [5.74, 6) is -1.26. The van der Waals surface area contributed by atoms with E-state index < -0.39 is 12.0 Å². The van der Waals surface area contributed by atoms with Crippen LogP contribution in [0.15, 0.2) is 0 Å². The smallest absolute Gasteiger partial charge is 0.217 e. The second-order valence-electron chi connectivity index (χ2n) is 2.03. The normalized spacial score (nSPS) is 12.2. The van der Waals surface area contributed by atoms with Gasteiger partial charge in [0.2, 0.25) is 5.91 Å². The highest BCUT2D eigenvalue weighted by Gasteiger charge is 2.08. The van der Waals surface area contributed by atoms with Gasteiger partial charge in [0.05, 0.1) is 12.0 Å². The van der Waals surface area contributed by atoms with Crippen LogP contribution in [0.4, 0.5) is 0 Å². The number of nitrogens with one attached hydrogen (secondary N) is 1. The quantitative estimate of drug-likeness (QED) is 0.572. The molecule has 0 heterocycles. The molecule has 0 rings (SSSR count). The van der Waals surface area contributed by atoms with E-state index in [1.54, 1.807) is 6.26 Å². The average molecular weight is 176 g/mol. The third-order valence-electron chi connectivity index (χ3n) is 0.995. The van der Waals surface area contributed by atoms with Gasteiger partial charge in [-0.2, -0.15) is 11.8 Å². The minimum absolute atomic E-state index is 0.335. The minimum atomic E-state index is -1.24. The minimum Gasteiger partial charge on any atom is -0.548 e. The first-order valence-corrected chi connectivity index (χ1v) is 4.44. The number of carboxylic acid groups (broad SMARTS) is 1. The molecule has 1 amide bonds. The Hall–Kier alpha value is -0.710. The highest BCUT2D eigenvalue weighted by molar-refractivity contribution is 7.98. The Labute approximate surface area is 69.4 Å². The first-order valence-electron chi connectivity index (χ1n) is 3.04. The van der Waals surface area contributed by atoms with Crippen molar-refractivity contribution in [1.82, 2.24) is 5.32 Å². The van der Waals surface area contributed by atoms with Crippen molar-refractivity contribution in [1.29, 1.82) is 0 Å². The second kappa shape index (κ2) is 5.01. The van der Waals surface area contributed by atoms with Crippen LogP contribution in [0.2, 0.25) is 0 Å². The molecule has 0 saturated heterocycles.